The van der Waals surface area contributed by atoms with E-state index in [-0.39, 0.29) is 37.4 Å². The molecule has 8 nitrogen and oxygen atoms in total. The quantitative estimate of drug-likeness (QED) is 0.264. The summed E-state index contributed by atoms with van der Waals surface area (Å²) in [7, 11) is 0. The molecule has 8 heteroatoms. The molecule has 0 radical (unpaired) electrons. The first-order valence-electron chi connectivity index (χ1n) is 17.0. The Hall–Kier alpha value is -2.78. The molecule has 0 saturated heterocycles. The van der Waals surface area contributed by atoms with Gasteiger partial charge in [0.05, 0.1) is 12.2 Å². The summed E-state index contributed by atoms with van der Waals surface area (Å²) in [5.41, 5.74) is 7.58. The number of carbonyl (C=O) groups excluding carboxylic acids is 2. The molecule has 4 rings (SSSR count). The summed E-state index contributed by atoms with van der Waals surface area (Å²) in [6, 6.07) is 22.2. The Morgan fingerprint density at radius 2 is 1.00 bits per heavy atom. The predicted molar refractivity (Wildman–Crippen MR) is 182 cm³/mol. The lowest BCUT2D eigenvalue weighted by Crippen LogP contribution is -2.39. The normalized spacial score (nSPS) is 22.0. The Kier molecular flexibility index (Phi) is 15.2. The third kappa shape index (κ3) is 15.7. The molecule has 2 aromatic rings. The molecular weight excluding hydrogens is 580 g/mol. The van der Waals surface area contributed by atoms with Crippen LogP contribution in [-0.2, 0) is 41.6 Å². The maximum Gasteiger partial charge on any atom is 0.332 e. The number of nitrogens with two attached hydrogens (primary N) is 1. The maximum absolute atomic E-state index is 11.9. The van der Waals surface area contributed by atoms with Crippen molar-refractivity contribution in [1.82, 2.24) is 4.90 Å². The van der Waals surface area contributed by atoms with E-state index in [1.165, 1.54) is 11.1 Å². The van der Waals surface area contributed by atoms with Gasteiger partial charge in [0.2, 0.25) is 0 Å². The molecule has 256 valence electrons. The maximum atomic E-state index is 11.9. The van der Waals surface area contributed by atoms with Crippen LogP contribution in [0.4, 0.5) is 0 Å². The molecular formula is C38H58N2O6. The first kappa shape index (κ1) is 37.7. The van der Waals surface area contributed by atoms with Crippen molar-refractivity contribution in [2.24, 2.45) is 5.73 Å². The Bertz CT molecular complexity index is 1100. The van der Waals surface area contributed by atoms with Gasteiger partial charge in [-0.2, -0.15) is 0 Å². The second-order valence-corrected chi connectivity index (χ2v) is 14.6. The first-order valence-corrected chi connectivity index (χ1v) is 17.0. The molecule has 2 aliphatic rings. The van der Waals surface area contributed by atoms with E-state index in [1.807, 2.05) is 41.5 Å². The van der Waals surface area contributed by atoms with E-state index in [0.29, 0.717) is 12.1 Å². The van der Waals surface area contributed by atoms with Gasteiger partial charge in [-0.3, -0.25) is 4.90 Å². The highest BCUT2D eigenvalue weighted by Crippen LogP contribution is 2.28. The molecule has 0 atom stereocenters. The van der Waals surface area contributed by atoms with Crippen LogP contribution in [0.5, 0.6) is 0 Å². The SMILES string of the molecule is CC(C)(C)OC(=O)COC1CCC(N(Cc2ccccc2)Cc2ccccc2)CC1.CC(C)(C)OC(=O)COC1CCC(N)CC1. The Morgan fingerprint density at radius 1 is 0.630 bits per heavy atom. The fourth-order valence-corrected chi connectivity index (χ4v) is 5.90. The van der Waals surface area contributed by atoms with Crippen molar-refractivity contribution < 1.29 is 28.5 Å². The molecule has 2 aromatic carbocycles. The van der Waals surface area contributed by atoms with E-state index in [4.69, 9.17) is 24.7 Å². The predicted octanol–water partition coefficient (Wildman–Crippen LogP) is 6.97. The van der Waals surface area contributed by atoms with Crippen molar-refractivity contribution in [2.45, 2.75) is 141 Å². The van der Waals surface area contributed by atoms with E-state index in [1.54, 1.807) is 0 Å². The third-order valence-electron chi connectivity index (χ3n) is 8.05. The smallest absolute Gasteiger partial charge is 0.332 e. The zero-order valence-corrected chi connectivity index (χ0v) is 29.0. The number of hydrogen-bond acceptors (Lipinski definition) is 8. The minimum atomic E-state index is -0.465. The lowest BCUT2D eigenvalue weighted by Gasteiger charge is -2.37. The lowest BCUT2D eigenvalue weighted by molar-refractivity contribution is -0.164. The van der Waals surface area contributed by atoms with Crippen LogP contribution < -0.4 is 5.73 Å². The number of hydrogen-bond donors (Lipinski definition) is 1. The summed E-state index contributed by atoms with van der Waals surface area (Å²) in [5, 5.41) is 0. The van der Waals surface area contributed by atoms with Crippen LogP contribution in [0.25, 0.3) is 0 Å². The lowest BCUT2D eigenvalue weighted by atomic mass is 9.91. The van der Waals surface area contributed by atoms with Crippen molar-refractivity contribution in [3.05, 3.63) is 71.8 Å². The molecule has 0 unspecified atom stereocenters. The van der Waals surface area contributed by atoms with Gasteiger partial charge in [0, 0.05) is 25.2 Å². The van der Waals surface area contributed by atoms with E-state index in [2.05, 4.69) is 65.6 Å². The Balaban J connectivity index is 0.000000304. The number of benzene rings is 2. The van der Waals surface area contributed by atoms with E-state index >= 15 is 0 Å². The summed E-state index contributed by atoms with van der Waals surface area (Å²) in [5.74, 6) is -0.568. The third-order valence-corrected chi connectivity index (χ3v) is 8.05. The summed E-state index contributed by atoms with van der Waals surface area (Å²) in [6.45, 7) is 13.2. The van der Waals surface area contributed by atoms with Gasteiger partial charge in [-0.1, -0.05) is 60.7 Å². The fourth-order valence-electron chi connectivity index (χ4n) is 5.90. The Morgan fingerprint density at radius 3 is 1.37 bits per heavy atom. The van der Waals surface area contributed by atoms with Gasteiger partial charge in [0.25, 0.3) is 0 Å². The molecule has 0 amide bonds. The van der Waals surface area contributed by atoms with Crippen molar-refractivity contribution in [3.63, 3.8) is 0 Å². The molecule has 2 fully saturated rings. The van der Waals surface area contributed by atoms with Crippen LogP contribution in [0, 0.1) is 0 Å². The van der Waals surface area contributed by atoms with Gasteiger partial charge in [0.1, 0.15) is 24.4 Å². The van der Waals surface area contributed by atoms with Crippen molar-refractivity contribution >= 4 is 11.9 Å². The average molecular weight is 639 g/mol. The van der Waals surface area contributed by atoms with Crippen LogP contribution in [0.2, 0.25) is 0 Å². The van der Waals surface area contributed by atoms with Gasteiger partial charge in [-0.05, 0) is 104 Å². The van der Waals surface area contributed by atoms with Gasteiger partial charge < -0.3 is 24.7 Å². The molecule has 0 aromatic heterocycles. The van der Waals surface area contributed by atoms with E-state index in [9.17, 15) is 9.59 Å². The molecule has 0 bridgehead atoms. The monoisotopic (exact) mass is 638 g/mol. The summed E-state index contributed by atoms with van der Waals surface area (Å²) < 4.78 is 21.9. The number of carbonyl (C=O) groups is 2. The second kappa shape index (κ2) is 18.5. The minimum Gasteiger partial charge on any atom is -0.458 e. The van der Waals surface area contributed by atoms with Crippen molar-refractivity contribution in [1.29, 1.82) is 0 Å². The van der Waals surface area contributed by atoms with Crippen LogP contribution in [-0.4, -0.2) is 65.5 Å². The molecule has 2 aliphatic carbocycles. The topological polar surface area (TPSA) is 100 Å². The summed E-state index contributed by atoms with van der Waals surface area (Å²) in [4.78, 5) is 25.9. The fraction of sp³-hybridized carbons (Fsp3) is 0.632. The largest absolute Gasteiger partial charge is 0.458 e. The number of nitrogens with zero attached hydrogens (tertiary/aromatic N) is 1. The van der Waals surface area contributed by atoms with Crippen LogP contribution in [0.15, 0.2) is 60.7 Å². The standard InChI is InChI=1S/C26H35NO3.C12H23NO3/c1-26(2,3)30-25(28)20-29-24-16-14-23(15-17-24)27(18-21-10-6-4-7-11-21)19-22-12-8-5-9-13-22;1-12(2,3)16-11(14)8-15-10-6-4-9(13)5-7-10/h4-13,23-24H,14-20H2,1-3H3;9-10H,4-8,13H2,1-3H3. The highest BCUT2D eigenvalue weighted by atomic mass is 16.6. The van der Waals surface area contributed by atoms with Crippen LogP contribution in [0.3, 0.4) is 0 Å². The molecule has 2 saturated carbocycles. The number of esters is 2. The van der Waals surface area contributed by atoms with Crippen LogP contribution >= 0.6 is 0 Å². The van der Waals surface area contributed by atoms with Crippen molar-refractivity contribution in [3.8, 4) is 0 Å². The van der Waals surface area contributed by atoms with E-state index < -0.39 is 11.2 Å². The Labute approximate surface area is 277 Å². The van der Waals surface area contributed by atoms with Crippen LogP contribution in [0.1, 0.15) is 104 Å². The number of rotatable bonds is 11. The molecule has 0 aliphatic heterocycles. The van der Waals surface area contributed by atoms with E-state index in [0.717, 1.165) is 64.5 Å². The summed E-state index contributed by atoms with van der Waals surface area (Å²) in [6.07, 6.45) is 8.31. The zero-order chi connectivity index (χ0) is 33.6. The molecule has 2 N–H and O–H groups in total. The highest BCUT2D eigenvalue weighted by Gasteiger charge is 2.28. The minimum absolute atomic E-state index is 0.0460. The average Bonchev–Trinajstić information content (AvgIpc) is 2.99. The van der Waals surface area contributed by atoms with Crippen molar-refractivity contribution in [2.75, 3.05) is 13.2 Å². The second-order valence-electron chi connectivity index (χ2n) is 14.6. The van der Waals surface area contributed by atoms with Gasteiger partial charge >= 0.3 is 11.9 Å². The molecule has 0 spiro atoms. The molecule has 46 heavy (non-hydrogen) atoms. The number of ether oxygens (including phenoxy) is 4. The highest BCUT2D eigenvalue weighted by molar-refractivity contribution is 5.71. The van der Waals surface area contributed by atoms with Gasteiger partial charge in [-0.25, -0.2) is 9.59 Å². The zero-order valence-electron chi connectivity index (χ0n) is 29.0. The first-order chi connectivity index (χ1) is 21.8. The molecule has 0 heterocycles. The van der Waals surface area contributed by atoms with Gasteiger partial charge in [0.15, 0.2) is 0 Å². The summed E-state index contributed by atoms with van der Waals surface area (Å²) >= 11 is 0. The van der Waals surface area contributed by atoms with Gasteiger partial charge in [-0.15, -0.1) is 0 Å².